The first kappa shape index (κ1) is 18.0. The highest BCUT2D eigenvalue weighted by Gasteiger charge is 2.24. The summed E-state index contributed by atoms with van der Waals surface area (Å²) in [7, 11) is 0. The Morgan fingerprint density at radius 3 is 2.65 bits per heavy atom. The molecule has 3 heteroatoms. The van der Waals surface area contributed by atoms with E-state index in [2.05, 4.69) is 42.3 Å². The average Bonchev–Trinajstić information content (AvgIpc) is 2.48. The molecule has 1 amide bonds. The Morgan fingerprint density at radius 1 is 1.26 bits per heavy atom. The standard InChI is InChI=1S/C20H32N2O/c1-15-8-9-17(11-16(15)2)13-22-10-6-7-18(14-22)12-21-19(23)20(3,4)5/h8-9,11,18H,6-7,10,12-14H2,1-5H3,(H,21,23). The van der Waals surface area contributed by atoms with Gasteiger partial charge in [-0.25, -0.2) is 0 Å². The lowest BCUT2D eigenvalue weighted by Crippen LogP contribution is -2.43. The number of piperidine rings is 1. The molecule has 1 heterocycles. The van der Waals surface area contributed by atoms with Crippen LogP contribution >= 0.6 is 0 Å². The first-order chi connectivity index (χ1) is 10.8. The molecule has 0 radical (unpaired) electrons. The third-order valence-electron chi connectivity index (χ3n) is 4.81. The summed E-state index contributed by atoms with van der Waals surface area (Å²) in [6.45, 7) is 14.3. The second kappa shape index (κ2) is 7.48. The highest BCUT2D eigenvalue weighted by molar-refractivity contribution is 5.81. The quantitative estimate of drug-likeness (QED) is 0.919. The predicted molar refractivity (Wildman–Crippen MR) is 96.4 cm³/mol. The number of nitrogens with one attached hydrogen (secondary N) is 1. The molecule has 1 unspecified atom stereocenters. The van der Waals surface area contributed by atoms with Crippen molar-refractivity contribution >= 4 is 5.91 Å². The second-order valence-electron chi connectivity index (χ2n) is 8.12. The molecule has 1 fully saturated rings. The van der Waals surface area contributed by atoms with Crippen molar-refractivity contribution in [3.8, 4) is 0 Å². The largest absolute Gasteiger partial charge is 0.355 e. The monoisotopic (exact) mass is 316 g/mol. The maximum atomic E-state index is 12.0. The van der Waals surface area contributed by atoms with Gasteiger partial charge < -0.3 is 5.32 Å². The van der Waals surface area contributed by atoms with Gasteiger partial charge in [-0.1, -0.05) is 39.0 Å². The molecule has 0 spiro atoms. The van der Waals surface area contributed by atoms with Gasteiger partial charge in [-0.3, -0.25) is 9.69 Å². The molecular weight excluding hydrogens is 284 g/mol. The number of amides is 1. The van der Waals surface area contributed by atoms with Crippen LogP contribution in [0.4, 0.5) is 0 Å². The van der Waals surface area contributed by atoms with Crippen LogP contribution in [0, 0.1) is 25.2 Å². The van der Waals surface area contributed by atoms with Crippen LogP contribution in [0.25, 0.3) is 0 Å². The molecule has 0 aliphatic carbocycles. The van der Waals surface area contributed by atoms with E-state index in [0.717, 1.165) is 26.2 Å². The Labute approximate surface area is 141 Å². The Kier molecular flexibility index (Phi) is 5.85. The van der Waals surface area contributed by atoms with Crippen molar-refractivity contribution in [2.24, 2.45) is 11.3 Å². The van der Waals surface area contributed by atoms with Crippen molar-refractivity contribution in [3.05, 3.63) is 34.9 Å². The van der Waals surface area contributed by atoms with Gasteiger partial charge >= 0.3 is 0 Å². The van der Waals surface area contributed by atoms with Crippen LogP contribution in [0.15, 0.2) is 18.2 Å². The van der Waals surface area contributed by atoms with Crippen LogP contribution in [0.1, 0.15) is 50.3 Å². The summed E-state index contributed by atoms with van der Waals surface area (Å²) in [6.07, 6.45) is 2.44. The predicted octanol–water partition coefficient (Wildman–Crippen LogP) is 3.68. The summed E-state index contributed by atoms with van der Waals surface area (Å²) in [4.78, 5) is 14.6. The van der Waals surface area contributed by atoms with Crippen LogP contribution in [-0.4, -0.2) is 30.4 Å². The smallest absolute Gasteiger partial charge is 0.225 e. The van der Waals surface area contributed by atoms with Crippen LogP contribution < -0.4 is 5.32 Å². The number of rotatable bonds is 4. The van der Waals surface area contributed by atoms with Crippen LogP contribution in [0.2, 0.25) is 0 Å². The van der Waals surface area contributed by atoms with E-state index < -0.39 is 0 Å². The number of carbonyl (C=O) groups is 1. The average molecular weight is 316 g/mol. The van der Waals surface area contributed by atoms with E-state index in [1.165, 1.54) is 29.5 Å². The molecule has 1 N–H and O–H groups in total. The maximum Gasteiger partial charge on any atom is 0.225 e. The van der Waals surface area contributed by atoms with E-state index in [9.17, 15) is 4.79 Å². The molecule has 1 saturated heterocycles. The number of aryl methyl sites for hydroxylation is 2. The van der Waals surface area contributed by atoms with Gasteiger partial charge in [-0.05, 0) is 55.8 Å². The molecule has 128 valence electrons. The van der Waals surface area contributed by atoms with E-state index >= 15 is 0 Å². The molecule has 0 aromatic heterocycles. The van der Waals surface area contributed by atoms with Crippen LogP contribution in [0.3, 0.4) is 0 Å². The van der Waals surface area contributed by atoms with Crippen molar-refractivity contribution in [3.63, 3.8) is 0 Å². The molecular formula is C20H32N2O. The molecule has 3 nitrogen and oxygen atoms in total. The molecule has 2 rings (SSSR count). The summed E-state index contributed by atoms with van der Waals surface area (Å²) in [6, 6.07) is 6.77. The Morgan fingerprint density at radius 2 is 2.00 bits per heavy atom. The summed E-state index contributed by atoms with van der Waals surface area (Å²) >= 11 is 0. The van der Waals surface area contributed by atoms with E-state index in [0.29, 0.717) is 5.92 Å². The molecule has 0 saturated carbocycles. The lowest BCUT2D eigenvalue weighted by molar-refractivity contribution is -0.128. The normalized spacial score (nSPS) is 19.6. The molecule has 1 aliphatic rings. The van der Waals surface area contributed by atoms with Gasteiger partial charge in [-0.2, -0.15) is 0 Å². The van der Waals surface area contributed by atoms with Gasteiger partial charge in [0.15, 0.2) is 0 Å². The number of benzene rings is 1. The Bertz CT molecular complexity index is 545. The van der Waals surface area contributed by atoms with Gasteiger partial charge in [0.1, 0.15) is 0 Å². The fourth-order valence-electron chi connectivity index (χ4n) is 3.12. The van der Waals surface area contributed by atoms with Crippen molar-refractivity contribution < 1.29 is 4.79 Å². The summed E-state index contributed by atoms with van der Waals surface area (Å²) in [5.41, 5.74) is 3.82. The minimum Gasteiger partial charge on any atom is -0.355 e. The topological polar surface area (TPSA) is 32.3 Å². The minimum atomic E-state index is -0.298. The van der Waals surface area contributed by atoms with E-state index in [1.807, 2.05) is 20.8 Å². The SMILES string of the molecule is Cc1ccc(CN2CCCC(CNC(=O)C(C)(C)C)C2)cc1C. The van der Waals surface area contributed by atoms with Crippen LogP contribution in [0.5, 0.6) is 0 Å². The van der Waals surface area contributed by atoms with Crippen LogP contribution in [-0.2, 0) is 11.3 Å². The van der Waals surface area contributed by atoms with E-state index in [1.54, 1.807) is 0 Å². The van der Waals surface area contributed by atoms with Crippen molar-refractivity contribution in [2.75, 3.05) is 19.6 Å². The zero-order valence-corrected chi connectivity index (χ0v) is 15.4. The fraction of sp³-hybridized carbons (Fsp3) is 0.650. The molecule has 1 atom stereocenters. The number of hydrogen-bond acceptors (Lipinski definition) is 2. The highest BCUT2D eigenvalue weighted by Crippen LogP contribution is 2.20. The molecule has 23 heavy (non-hydrogen) atoms. The Hall–Kier alpha value is -1.35. The van der Waals surface area contributed by atoms with E-state index in [-0.39, 0.29) is 11.3 Å². The lowest BCUT2D eigenvalue weighted by atomic mass is 9.94. The van der Waals surface area contributed by atoms with Gasteiger partial charge in [0.2, 0.25) is 5.91 Å². The van der Waals surface area contributed by atoms with Gasteiger partial charge in [-0.15, -0.1) is 0 Å². The summed E-state index contributed by atoms with van der Waals surface area (Å²) in [5.74, 6) is 0.727. The molecule has 1 aliphatic heterocycles. The zero-order valence-electron chi connectivity index (χ0n) is 15.4. The molecule has 1 aromatic carbocycles. The first-order valence-corrected chi connectivity index (χ1v) is 8.82. The third kappa shape index (κ3) is 5.35. The van der Waals surface area contributed by atoms with Crippen molar-refractivity contribution in [1.29, 1.82) is 0 Å². The number of hydrogen-bond donors (Lipinski definition) is 1. The van der Waals surface area contributed by atoms with Crippen molar-refractivity contribution in [2.45, 2.75) is 54.0 Å². The minimum absolute atomic E-state index is 0.156. The summed E-state index contributed by atoms with van der Waals surface area (Å²) < 4.78 is 0. The summed E-state index contributed by atoms with van der Waals surface area (Å²) in [5, 5.41) is 3.13. The Balaban J connectivity index is 1.85. The third-order valence-corrected chi connectivity index (χ3v) is 4.81. The highest BCUT2D eigenvalue weighted by atomic mass is 16.2. The number of nitrogens with zero attached hydrogens (tertiary/aromatic N) is 1. The maximum absolute atomic E-state index is 12.0. The van der Waals surface area contributed by atoms with Crippen molar-refractivity contribution in [1.82, 2.24) is 10.2 Å². The molecule has 1 aromatic rings. The number of carbonyl (C=O) groups excluding carboxylic acids is 1. The fourth-order valence-corrected chi connectivity index (χ4v) is 3.12. The van der Waals surface area contributed by atoms with Gasteiger partial charge in [0, 0.05) is 25.0 Å². The molecule has 0 bridgehead atoms. The van der Waals surface area contributed by atoms with Gasteiger partial charge in [0.25, 0.3) is 0 Å². The second-order valence-corrected chi connectivity index (χ2v) is 8.12. The van der Waals surface area contributed by atoms with Gasteiger partial charge in [0.05, 0.1) is 0 Å². The zero-order chi connectivity index (χ0) is 17.0. The van der Waals surface area contributed by atoms with E-state index in [4.69, 9.17) is 0 Å². The lowest BCUT2D eigenvalue weighted by Gasteiger charge is -2.33. The number of likely N-dealkylation sites (tertiary alicyclic amines) is 1. The first-order valence-electron chi connectivity index (χ1n) is 8.82.